The van der Waals surface area contributed by atoms with Crippen molar-refractivity contribution in [2.24, 2.45) is 0 Å². The van der Waals surface area contributed by atoms with Crippen LogP contribution >= 0.6 is 0 Å². The van der Waals surface area contributed by atoms with Crippen molar-refractivity contribution in [1.29, 1.82) is 0 Å². The van der Waals surface area contributed by atoms with Crippen molar-refractivity contribution in [1.82, 2.24) is 9.47 Å². The van der Waals surface area contributed by atoms with Crippen LogP contribution < -0.4 is 10.1 Å². The van der Waals surface area contributed by atoms with E-state index in [9.17, 15) is 4.79 Å². The van der Waals surface area contributed by atoms with Gasteiger partial charge in [-0.25, -0.2) is 4.79 Å². The first-order valence-electron chi connectivity index (χ1n) is 9.26. The molecule has 1 atom stereocenters. The molecule has 138 valence electrons. The summed E-state index contributed by atoms with van der Waals surface area (Å²) < 4.78 is 7.77. The summed E-state index contributed by atoms with van der Waals surface area (Å²) in [5.41, 5.74) is 2.99. The van der Waals surface area contributed by atoms with E-state index in [1.54, 1.807) is 0 Å². The smallest absolute Gasteiger partial charge is 0.322 e. The number of fused-ring (bicyclic) bond motifs is 1. The Bertz CT molecular complexity index is 903. The van der Waals surface area contributed by atoms with E-state index in [4.69, 9.17) is 4.74 Å². The molecule has 1 N–H and O–H groups in total. The molecule has 2 amide bonds. The topological polar surface area (TPSA) is 46.5 Å². The number of nitrogens with zero attached hydrogens (tertiary/aromatic N) is 2. The molecule has 0 fully saturated rings. The molecule has 0 spiro atoms. The lowest BCUT2D eigenvalue weighted by molar-refractivity contribution is 0.182. The Morgan fingerprint density at radius 2 is 1.81 bits per heavy atom. The number of para-hydroxylation sites is 1. The molecular weight excluding hydrogens is 338 g/mol. The number of urea groups is 1. The Hall–Kier alpha value is -3.21. The molecule has 1 aliphatic heterocycles. The van der Waals surface area contributed by atoms with Gasteiger partial charge in [0.1, 0.15) is 5.75 Å². The Kier molecular flexibility index (Phi) is 4.83. The maximum atomic E-state index is 13.0. The SMILES string of the molecule is CCOc1ccc([C@H]2c3cccn3CCN2C(=O)Nc2ccccc2)cc1. The summed E-state index contributed by atoms with van der Waals surface area (Å²) in [5, 5.41) is 3.02. The Morgan fingerprint density at radius 3 is 2.56 bits per heavy atom. The molecule has 2 aromatic carbocycles. The third-order valence-electron chi connectivity index (χ3n) is 4.83. The average molecular weight is 361 g/mol. The molecule has 0 radical (unpaired) electrons. The zero-order valence-corrected chi connectivity index (χ0v) is 15.3. The van der Waals surface area contributed by atoms with E-state index in [1.165, 1.54) is 0 Å². The van der Waals surface area contributed by atoms with Gasteiger partial charge in [0.2, 0.25) is 0 Å². The van der Waals surface area contributed by atoms with Gasteiger partial charge in [-0.05, 0) is 48.9 Å². The fourth-order valence-electron chi connectivity index (χ4n) is 3.58. The van der Waals surface area contributed by atoms with Crippen molar-refractivity contribution in [3.63, 3.8) is 0 Å². The van der Waals surface area contributed by atoms with Crippen LogP contribution in [0.4, 0.5) is 10.5 Å². The highest BCUT2D eigenvalue weighted by molar-refractivity contribution is 5.90. The second kappa shape index (κ2) is 7.58. The molecule has 0 saturated carbocycles. The zero-order valence-electron chi connectivity index (χ0n) is 15.3. The molecule has 0 unspecified atom stereocenters. The number of hydrogen-bond acceptors (Lipinski definition) is 2. The van der Waals surface area contributed by atoms with Gasteiger partial charge in [-0.2, -0.15) is 0 Å². The first-order chi connectivity index (χ1) is 13.3. The maximum absolute atomic E-state index is 13.0. The summed E-state index contributed by atoms with van der Waals surface area (Å²) in [6.45, 7) is 4.05. The number of rotatable bonds is 4. The van der Waals surface area contributed by atoms with E-state index >= 15 is 0 Å². The first-order valence-corrected chi connectivity index (χ1v) is 9.26. The molecule has 0 aliphatic carbocycles. The van der Waals surface area contributed by atoms with E-state index in [1.807, 2.05) is 72.5 Å². The summed E-state index contributed by atoms with van der Waals surface area (Å²) in [4.78, 5) is 14.9. The summed E-state index contributed by atoms with van der Waals surface area (Å²) >= 11 is 0. The third kappa shape index (κ3) is 3.53. The van der Waals surface area contributed by atoms with Gasteiger partial charge in [0.25, 0.3) is 0 Å². The van der Waals surface area contributed by atoms with Crippen LogP contribution in [0.5, 0.6) is 5.75 Å². The molecule has 2 heterocycles. The van der Waals surface area contributed by atoms with Gasteiger partial charge in [0.05, 0.1) is 12.6 Å². The van der Waals surface area contributed by atoms with E-state index in [0.29, 0.717) is 13.2 Å². The number of carbonyl (C=O) groups is 1. The molecule has 0 bridgehead atoms. The van der Waals surface area contributed by atoms with Gasteiger partial charge in [-0.3, -0.25) is 0 Å². The number of aromatic nitrogens is 1. The molecule has 1 aromatic heterocycles. The Labute approximate surface area is 159 Å². The van der Waals surface area contributed by atoms with Gasteiger partial charge in [0.15, 0.2) is 0 Å². The van der Waals surface area contributed by atoms with Crippen LogP contribution in [0.2, 0.25) is 0 Å². The summed E-state index contributed by atoms with van der Waals surface area (Å²) in [6, 6.07) is 21.5. The summed E-state index contributed by atoms with van der Waals surface area (Å²) in [5.74, 6) is 0.840. The standard InChI is InChI=1S/C22H23N3O2/c1-2-27-19-12-10-17(11-13-19)21-20-9-6-14-24(20)15-16-25(21)22(26)23-18-7-4-3-5-8-18/h3-14,21H,2,15-16H2,1H3,(H,23,26)/t21-/m0/s1. The summed E-state index contributed by atoms with van der Waals surface area (Å²) in [6.07, 6.45) is 2.07. The van der Waals surface area contributed by atoms with E-state index in [-0.39, 0.29) is 12.1 Å². The molecule has 5 heteroatoms. The lowest BCUT2D eigenvalue weighted by Gasteiger charge is -2.37. The predicted molar refractivity (Wildman–Crippen MR) is 106 cm³/mol. The minimum absolute atomic E-state index is 0.0902. The number of benzene rings is 2. The number of hydrogen-bond donors (Lipinski definition) is 1. The summed E-state index contributed by atoms with van der Waals surface area (Å²) in [7, 11) is 0. The highest BCUT2D eigenvalue weighted by Crippen LogP contribution is 2.33. The van der Waals surface area contributed by atoms with Gasteiger partial charge in [-0.1, -0.05) is 30.3 Å². The third-order valence-corrected chi connectivity index (χ3v) is 4.83. The van der Waals surface area contributed by atoms with Crippen LogP contribution in [0.1, 0.15) is 24.2 Å². The Balaban J connectivity index is 1.64. The average Bonchev–Trinajstić information content (AvgIpc) is 3.18. The first kappa shape index (κ1) is 17.2. The maximum Gasteiger partial charge on any atom is 0.322 e. The van der Waals surface area contributed by atoms with Crippen molar-refractivity contribution in [3.8, 4) is 5.75 Å². The quantitative estimate of drug-likeness (QED) is 0.742. The second-order valence-electron chi connectivity index (χ2n) is 6.52. The number of ether oxygens (including phenoxy) is 1. The van der Waals surface area contributed by atoms with Gasteiger partial charge >= 0.3 is 6.03 Å². The minimum atomic E-state index is -0.131. The van der Waals surface area contributed by atoms with E-state index in [0.717, 1.165) is 29.2 Å². The van der Waals surface area contributed by atoms with Crippen LogP contribution in [0.25, 0.3) is 0 Å². The van der Waals surface area contributed by atoms with Crippen molar-refractivity contribution in [3.05, 3.63) is 84.2 Å². The fraction of sp³-hybridized carbons (Fsp3) is 0.227. The Morgan fingerprint density at radius 1 is 1.04 bits per heavy atom. The monoisotopic (exact) mass is 361 g/mol. The van der Waals surface area contributed by atoms with Crippen LogP contribution in [0.15, 0.2) is 72.9 Å². The van der Waals surface area contributed by atoms with Gasteiger partial charge in [0, 0.05) is 30.7 Å². The number of carbonyl (C=O) groups excluding carboxylic acids is 1. The van der Waals surface area contributed by atoms with Crippen molar-refractivity contribution in [2.75, 3.05) is 18.5 Å². The van der Waals surface area contributed by atoms with Crippen LogP contribution in [0.3, 0.4) is 0 Å². The van der Waals surface area contributed by atoms with Crippen molar-refractivity contribution >= 4 is 11.7 Å². The lowest BCUT2D eigenvalue weighted by atomic mass is 10.00. The van der Waals surface area contributed by atoms with Gasteiger partial charge < -0.3 is 19.5 Å². The molecule has 0 saturated heterocycles. The minimum Gasteiger partial charge on any atom is -0.494 e. The van der Waals surface area contributed by atoms with Crippen LogP contribution in [0, 0.1) is 0 Å². The molecule has 5 nitrogen and oxygen atoms in total. The lowest BCUT2D eigenvalue weighted by Crippen LogP contribution is -2.44. The second-order valence-corrected chi connectivity index (χ2v) is 6.52. The highest BCUT2D eigenvalue weighted by Gasteiger charge is 2.32. The van der Waals surface area contributed by atoms with Crippen LogP contribution in [-0.2, 0) is 6.54 Å². The molecule has 4 rings (SSSR count). The van der Waals surface area contributed by atoms with Crippen molar-refractivity contribution < 1.29 is 9.53 Å². The zero-order chi connectivity index (χ0) is 18.6. The number of nitrogens with one attached hydrogen (secondary N) is 1. The highest BCUT2D eigenvalue weighted by atomic mass is 16.5. The van der Waals surface area contributed by atoms with E-state index < -0.39 is 0 Å². The fourth-order valence-corrected chi connectivity index (χ4v) is 3.58. The van der Waals surface area contributed by atoms with E-state index in [2.05, 4.69) is 22.1 Å². The number of anilines is 1. The predicted octanol–water partition coefficient (Wildman–Crippen LogP) is 4.52. The van der Waals surface area contributed by atoms with Gasteiger partial charge in [-0.15, -0.1) is 0 Å². The molecule has 1 aliphatic rings. The normalized spacial score (nSPS) is 15.9. The molecular formula is C22H23N3O2. The largest absolute Gasteiger partial charge is 0.494 e. The van der Waals surface area contributed by atoms with Crippen molar-refractivity contribution in [2.45, 2.75) is 19.5 Å². The van der Waals surface area contributed by atoms with Crippen LogP contribution in [-0.4, -0.2) is 28.6 Å². The molecule has 3 aromatic rings. The molecule has 27 heavy (non-hydrogen) atoms. The number of amides is 2.